The summed E-state index contributed by atoms with van der Waals surface area (Å²) in [7, 11) is 0. The van der Waals surface area contributed by atoms with Crippen molar-refractivity contribution in [1.29, 1.82) is 5.26 Å². The molecular formula is C12H8FN3. The molecular weight excluding hydrogens is 205 g/mol. The van der Waals surface area contributed by atoms with Crippen LogP contribution in [0.1, 0.15) is 16.8 Å². The van der Waals surface area contributed by atoms with Crippen molar-refractivity contribution >= 4 is 0 Å². The average Bonchev–Trinajstić information content (AvgIpc) is 2.33. The molecule has 0 unspecified atom stereocenters. The van der Waals surface area contributed by atoms with E-state index >= 15 is 0 Å². The zero-order chi connectivity index (χ0) is 11.4. The summed E-state index contributed by atoms with van der Waals surface area (Å²) in [5.74, 6) is -0.495. The highest BCUT2D eigenvalue weighted by molar-refractivity contribution is 5.35. The maximum absolute atomic E-state index is 13.1. The number of nitriles is 1. The molecule has 0 aliphatic carbocycles. The number of benzene rings is 1. The zero-order valence-corrected chi connectivity index (χ0v) is 8.39. The highest BCUT2D eigenvalue weighted by Crippen LogP contribution is 2.12. The van der Waals surface area contributed by atoms with E-state index in [-0.39, 0.29) is 5.56 Å². The molecule has 2 aromatic rings. The van der Waals surface area contributed by atoms with Gasteiger partial charge < -0.3 is 0 Å². The molecule has 0 N–H and O–H groups in total. The van der Waals surface area contributed by atoms with Gasteiger partial charge in [0.25, 0.3) is 0 Å². The summed E-state index contributed by atoms with van der Waals surface area (Å²) in [4.78, 5) is 8.05. The highest BCUT2D eigenvalue weighted by Gasteiger charge is 2.03. The molecule has 78 valence electrons. The van der Waals surface area contributed by atoms with E-state index in [1.807, 2.05) is 6.07 Å². The zero-order valence-electron chi connectivity index (χ0n) is 8.39. The van der Waals surface area contributed by atoms with Crippen LogP contribution in [0.5, 0.6) is 0 Å². The summed E-state index contributed by atoms with van der Waals surface area (Å²) in [6.45, 7) is 0. The van der Waals surface area contributed by atoms with E-state index in [0.29, 0.717) is 6.42 Å². The Morgan fingerprint density at radius 1 is 1.31 bits per heavy atom. The fraction of sp³-hybridized carbons (Fsp3) is 0.0833. The summed E-state index contributed by atoms with van der Waals surface area (Å²) in [5.41, 5.74) is 1.69. The summed E-state index contributed by atoms with van der Waals surface area (Å²) < 4.78 is 13.1. The van der Waals surface area contributed by atoms with Crippen LogP contribution in [0.4, 0.5) is 4.39 Å². The molecule has 3 nitrogen and oxygen atoms in total. The van der Waals surface area contributed by atoms with E-state index in [1.165, 1.54) is 12.1 Å². The lowest BCUT2D eigenvalue weighted by molar-refractivity contribution is 0.623. The van der Waals surface area contributed by atoms with E-state index in [0.717, 1.165) is 11.3 Å². The van der Waals surface area contributed by atoms with Crippen LogP contribution < -0.4 is 0 Å². The second-order valence-corrected chi connectivity index (χ2v) is 3.30. The largest absolute Gasteiger partial charge is 0.261 e. The van der Waals surface area contributed by atoms with Crippen molar-refractivity contribution in [3.8, 4) is 6.07 Å². The molecule has 0 aliphatic rings. The van der Waals surface area contributed by atoms with Crippen molar-refractivity contribution in [3.05, 3.63) is 59.4 Å². The first kappa shape index (κ1) is 10.2. The third kappa shape index (κ3) is 2.20. The molecule has 2 rings (SSSR count). The van der Waals surface area contributed by atoms with E-state index in [9.17, 15) is 4.39 Å². The van der Waals surface area contributed by atoms with Crippen molar-refractivity contribution in [2.24, 2.45) is 0 Å². The Hall–Kier alpha value is -2.28. The lowest BCUT2D eigenvalue weighted by Crippen LogP contribution is -1.94. The standard InChI is InChI=1S/C12H8FN3/c13-12-2-1-9(5-10(12)7-14)6-11-8-15-3-4-16-11/h1-5,8H,6H2. The Morgan fingerprint density at radius 3 is 2.88 bits per heavy atom. The number of halogens is 1. The molecule has 16 heavy (non-hydrogen) atoms. The molecule has 0 aliphatic heterocycles. The van der Waals surface area contributed by atoms with E-state index in [1.54, 1.807) is 24.7 Å². The van der Waals surface area contributed by atoms with Gasteiger partial charge in [-0.25, -0.2) is 4.39 Å². The normalized spacial score (nSPS) is 9.75. The minimum atomic E-state index is -0.495. The van der Waals surface area contributed by atoms with Gasteiger partial charge >= 0.3 is 0 Å². The Labute approximate surface area is 92.2 Å². The fourth-order valence-corrected chi connectivity index (χ4v) is 1.40. The van der Waals surface area contributed by atoms with E-state index in [4.69, 9.17) is 5.26 Å². The van der Waals surface area contributed by atoms with Crippen LogP contribution in [0.15, 0.2) is 36.8 Å². The molecule has 0 spiro atoms. The van der Waals surface area contributed by atoms with Crippen molar-refractivity contribution in [1.82, 2.24) is 9.97 Å². The van der Waals surface area contributed by atoms with Crippen LogP contribution in [0.2, 0.25) is 0 Å². The molecule has 0 bridgehead atoms. The van der Waals surface area contributed by atoms with Gasteiger partial charge in [-0.15, -0.1) is 0 Å². The maximum Gasteiger partial charge on any atom is 0.140 e. The molecule has 0 amide bonds. The third-order valence-electron chi connectivity index (χ3n) is 2.15. The van der Waals surface area contributed by atoms with Gasteiger partial charge in [0, 0.05) is 25.0 Å². The van der Waals surface area contributed by atoms with Gasteiger partial charge in [0.1, 0.15) is 11.9 Å². The summed E-state index contributed by atoms with van der Waals surface area (Å²) in [6, 6.07) is 6.28. The summed E-state index contributed by atoms with van der Waals surface area (Å²) in [5, 5.41) is 8.69. The average molecular weight is 213 g/mol. The molecule has 0 saturated carbocycles. The van der Waals surface area contributed by atoms with Crippen LogP contribution in [0.25, 0.3) is 0 Å². The molecule has 0 atom stereocenters. The number of hydrogen-bond donors (Lipinski definition) is 0. The first-order chi connectivity index (χ1) is 7.79. The maximum atomic E-state index is 13.1. The third-order valence-corrected chi connectivity index (χ3v) is 2.15. The van der Waals surface area contributed by atoms with E-state index in [2.05, 4.69) is 9.97 Å². The second kappa shape index (κ2) is 4.49. The molecule has 1 aromatic heterocycles. The molecule has 1 heterocycles. The molecule has 1 aromatic carbocycles. The Kier molecular flexibility index (Phi) is 2.88. The first-order valence-corrected chi connectivity index (χ1v) is 4.73. The quantitative estimate of drug-likeness (QED) is 0.767. The second-order valence-electron chi connectivity index (χ2n) is 3.30. The van der Waals surface area contributed by atoms with Crippen molar-refractivity contribution in [3.63, 3.8) is 0 Å². The molecule has 0 fully saturated rings. The SMILES string of the molecule is N#Cc1cc(Cc2cnccn2)ccc1F. The van der Waals surface area contributed by atoms with Gasteiger partial charge in [0.05, 0.1) is 11.3 Å². The van der Waals surface area contributed by atoms with Crippen molar-refractivity contribution < 1.29 is 4.39 Å². The Balaban J connectivity index is 2.27. The van der Waals surface area contributed by atoms with Gasteiger partial charge in [-0.05, 0) is 17.7 Å². The highest BCUT2D eigenvalue weighted by atomic mass is 19.1. The van der Waals surface area contributed by atoms with Crippen LogP contribution in [0.3, 0.4) is 0 Å². The predicted molar refractivity (Wildman–Crippen MR) is 56.0 cm³/mol. The number of nitrogens with zero attached hydrogens (tertiary/aromatic N) is 3. The number of hydrogen-bond acceptors (Lipinski definition) is 3. The van der Waals surface area contributed by atoms with Gasteiger partial charge in [-0.2, -0.15) is 5.26 Å². The van der Waals surface area contributed by atoms with Gasteiger partial charge in [0.15, 0.2) is 0 Å². The minimum absolute atomic E-state index is 0.0568. The van der Waals surface area contributed by atoms with Crippen LogP contribution in [0, 0.1) is 17.1 Å². The molecule has 0 saturated heterocycles. The van der Waals surface area contributed by atoms with Gasteiger partial charge in [0.2, 0.25) is 0 Å². The van der Waals surface area contributed by atoms with Crippen LogP contribution >= 0.6 is 0 Å². The van der Waals surface area contributed by atoms with Gasteiger partial charge in [-0.1, -0.05) is 6.07 Å². The van der Waals surface area contributed by atoms with Crippen molar-refractivity contribution in [2.45, 2.75) is 6.42 Å². The van der Waals surface area contributed by atoms with E-state index < -0.39 is 5.82 Å². The number of rotatable bonds is 2. The van der Waals surface area contributed by atoms with Gasteiger partial charge in [-0.3, -0.25) is 9.97 Å². The summed E-state index contributed by atoms with van der Waals surface area (Å²) >= 11 is 0. The lowest BCUT2D eigenvalue weighted by Gasteiger charge is -2.01. The fourth-order valence-electron chi connectivity index (χ4n) is 1.40. The monoisotopic (exact) mass is 213 g/mol. The molecule has 0 radical (unpaired) electrons. The minimum Gasteiger partial charge on any atom is -0.261 e. The van der Waals surface area contributed by atoms with Crippen LogP contribution in [-0.2, 0) is 6.42 Å². The van der Waals surface area contributed by atoms with Crippen molar-refractivity contribution in [2.75, 3.05) is 0 Å². The lowest BCUT2D eigenvalue weighted by atomic mass is 10.1. The number of aromatic nitrogens is 2. The summed E-state index contributed by atoms with van der Waals surface area (Å²) in [6.07, 6.45) is 5.39. The topological polar surface area (TPSA) is 49.6 Å². The Bertz CT molecular complexity index is 532. The Morgan fingerprint density at radius 2 is 2.19 bits per heavy atom. The smallest absolute Gasteiger partial charge is 0.140 e. The van der Waals surface area contributed by atoms with Crippen LogP contribution in [-0.4, -0.2) is 9.97 Å². The predicted octanol–water partition coefficient (Wildman–Crippen LogP) is 2.08. The molecule has 4 heteroatoms. The first-order valence-electron chi connectivity index (χ1n) is 4.73.